The number of rotatable bonds is 10. The molecule has 1 N–H and O–H groups in total. The first kappa shape index (κ1) is 16.1. The van der Waals surface area contributed by atoms with Gasteiger partial charge in [-0.05, 0) is 24.8 Å². The number of aldehydes is 2. The topological polar surface area (TPSA) is 71.4 Å². The van der Waals surface area contributed by atoms with Crippen molar-refractivity contribution in [1.82, 2.24) is 0 Å². The van der Waals surface area contributed by atoms with Crippen LogP contribution in [0, 0.1) is 0 Å². The van der Waals surface area contributed by atoms with Crippen LogP contribution in [-0.4, -0.2) is 23.6 Å². The third kappa shape index (κ3) is 4.96. The highest BCUT2D eigenvalue weighted by Gasteiger charge is 2.14. The highest BCUT2D eigenvalue weighted by Crippen LogP contribution is 2.17. The first-order chi connectivity index (χ1) is 9.70. The Morgan fingerprint density at radius 2 is 1.75 bits per heavy atom. The average molecular weight is 276 g/mol. The summed E-state index contributed by atoms with van der Waals surface area (Å²) in [5.41, 5.74) is 1.08. The Kier molecular flexibility index (Phi) is 7.25. The van der Waals surface area contributed by atoms with E-state index in [0.717, 1.165) is 44.0 Å². The molecule has 1 rings (SSSR count). The standard InChI is InChI=1S/C16H20O4/c17-11-6-4-2-1-3-5-8-13-9-7-10-14(12-18)15(13)16(19)20/h7,9-12H,1-6,8H2,(H,19,20). The zero-order valence-corrected chi connectivity index (χ0v) is 11.5. The number of unbranched alkanes of at least 4 members (excludes halogenated alkanes) is 5. The van der Waals surface area contributed by atoms with Crippen molar-refractivity contribution in [3.05, 3.63) is 34.9 Å². The molecular formula is C16H20O4. The smallest absolute Gasteiger partial charge is 0.336 e. The molecule has 4 nitrogen and oxygen atoms in total. The maximum absolute atomic E-state index is 11.2. The van der Waals surface area contributed by atoms with Crippen molar-refractivity contribution in [2.45, 2.75) is 44.9 Å². The molecular weight excluding hydrogens is 256 g/mol. The van der Waals surface area contributed by atoms with Crippen LogP contribution in [0.5, 0.6) is 0 Å². The van der Waals surface area contributed by atoms with Gasteiger partial charge in [0.25, 0.3) is 0 Å². The van der Waals surface area contributed by atoms with Gasteiger partial charge >= 0.3 is 5.97 Å². The summed E-state index contributed by atoms with van der Waals surface area (Å²) in [6.45, 7) is 0. The lowest BCUT2D eigenvalue weighted by Crippen LogP contribution is -2.07. The molecule has 0 aromatic heterocycles. The predicted molar refractivity (Wildman–Crippen MR) is 76.3 cm³/mol. The van der Waals surface area contributed by atoms with E-state index in [-0.39, 0.29) is 11.1 Å². The Morgan fingerprint density at radius 3 is 2.40 bits per heavy atom. The van der Waals surface area contributed by atoms with Gasteiger partial charge in [-0.15, -0.1) is 0 Å². The molecule has 0 heterocycles. The maximum atomic E-state index is 11.2. The first-order valence-electron chi connectivity index (χ1n) is 6.94. The molecule has 0 aliphatic carbocycles. The van der Waals surface area contributed by atoms with Gasteiger partial charge in [-0.2, -0.15) is 0 Å². The van der Waals surface area contributed by atoms with E-state index in [0.29, 0.717) is 19.1 Å². The number of carbonyl (C=O) groups excluding carboxylic acids is 2. The molecule has 1 aromatic rings. The fourth-order valence-electron chi connectivity index (χ4n) is 2.26. The predicted octanol–water partition coefficient (Wildman–Crippen LogP) is 3.28. The number of hydrogen-bond donors (Lipinski definition) is 1. The van der Waals surface area contributed by atoms with Gasteiger partial charge in [0.1, 0.15) is 6.29 Å². The molecule has 0 unspecified atom stereocenters. The fraction of sp³-hybridized carbons (Fsp3) is 0.438. The van der Waals surface area contributed by atoms with Crippen LogP contribution in [-0.2, 0) is 11.2 Å². The molecule has 0 radical (unpaired) electrons. The van der Waals surface area contributed by atoms with E-state index in [9.17, 15) is 19.5 Å². The summed E-state index contributed by atoms with van der Waals surface area (Å²) in [6, 6.07) is 5.01. The van der Waals surface area contributed by atoms with Gasteiger partial charge in [-0.3, -0.25) is 4.79 Å². The van der Waals surface area contributed by atoms with Crippen molar-refractivity contribution >= 4 is 18.5 Å². The molecule has 108 valence electrons. The minimum atomic E-state index is -1.05. The number of aryl methyl sites for hydroxylation is 1. The quantitative estimate of drug-likeness (QED) is 0.526. The summed E-state index contributed by atoms with van der Waals surface area (Å²) in [6.07, 6.45) is 7.69. The van der Waals surface area contributed by atoms with Crippen molar-refractivity contribution in [2.24, 2.45) is 0 Å². The molecule has 0 aliphatic rings. The molecule has 1 aromatic carbocycles. The van der Waals surface area contributed by atoms with Crippen molar-refractivity contribution in [3.63, 3.8) is 0 Å². The number of carboxylic acid groups (broad SMARTS) is 1. The van der Waals surface area contributed by atoms with Crippen LogP contribution in [0.25, 0.3) is 0 Å². The Bertz CT molecular complexity index is 466. The third-order valence-corrected chi connectivity index (χ3v) is 3.29. The van der Waals surface area contributed by atoms with E-state index >= 15 is 0 Å². The normalized spacial score (nSPS) is 10.2. The number of carbonyl (C=O) groups is 3. The van der Waals surface area contributed by atoms with Gasteiger partial charge in [-0.25, -0.2) is 4.79 Å². The van der Waals surface area contributed by atoms with Gasteiger partial charge < -0.3 is 9.90 Å². The summed E-state index contributed by atoms with van der Waals surface area (Å²) < 4.78 is 0. The molecule has 0 spiro atoms. The van der Waals surface area contributed by atoms with Crippen molar-refractivity contribution in [2.75, 3.05) is 0 Å². The van der Waals surface area contributed by atoms with E-state index in [4.69, 9.17) is 0 Å². The number of benzene rings is 1. The Labute approximate surface area is 118 Å². The van der Waals surface area contributed by atoms with E-state index in [1.54, 1.807) is 12.1 Å². The second-order valence-electron chi connectivity index (χ2n) is 4.78. The van der Waals surface area contributed by atoms with E-state index in [1.807, 2.05) is 0 Å². The average Bonchev–Trinajstić information content (AvgIpc) is 2.45. The summed E-state index contributed by atoms with van der Waals surface area (Å²) >= 11 is 0. The van der Waals surface area contributed by atoms with Crippen LogP contribution in [0.1, 0.15) is 64.8 Å². The van der Waals surface area contributed by atoms with Gasteiger partial charge in [0.15, 0.2) is 6.29 Å². The Hall–Kier alpha value is -1.97. The summed E-state index contributed by atoms with van der Waals surface area (Å²) in [7, 11) is 0. The number of hydrogen-bond acceptors (Lipinski definition) is 3. The first-order valence-corrected chi connectivity index (χ1v) is 6.94. The van der Waals surface area contributed by atoms with Crippen LogP contribution in [0.4, 0.5) is 0 Å². The summed E-state index contributed by atoms with van der Waals surface area (Å²) in [5.74, 6) is -1.05. The highest BCUT2D eigenvalue weighted by atomic mass is 16.4. The van der Waals surface area contributed by atoms with E-state index < -0.39 is 5.97 Å². The number of carboxylic acids is 1. The van der Waals surface area contributed by atoms with Crippen LogP contribution in [0.3, 0.4) is 0 Å². The summed E-state index contributed by atoms with van der Waals surface area (Å²) in [5, 5.41) is 9.19. The molecule has 4 heteroatoms. The second kappa shape index (κ2) is 9.02. The summed E-state index contributed by atoms with van der Waals surface area (Å²) in [4.78, 5) is 32.2. The Morgan fingerprint density at radius 1 is 1.05 bits per heavy atom. The van der Waals surface area contributed by atoms with Gasteiger partial charge in [0.2, 0.25) is 0 Å². The molecule has 0 saturated carbocycles. The van der Waals surface area contributed by atoms with Crippen LogP contribution in [0.2, 0.25) is 0 Å². The van der Waals surface area contributed by atoms with Gasteiger partial charge in [0.05, 0.1) is 5.56 Å². The largest absolute Gasteiger partial charge is 0.478 e. The molecule has 0 fully saturated rings. The van der Waals surface area contributed by atoms with Gasteiger partial charge in [0, 0.05) is 12.0 Å². The van der Waals surface area contributed by atoms with Crippen molar-refractivity contribution < 1.29 is 19.5 Å². The molecule has 0 aliphatic heterocycles. The maximum Gasteiger partial charge on any atom is 0.336 e. The van der Waals surface area contributed by atoms with Crippen LogP contribution in [0.15, 0.2) is 18.2 Å². The Balaban J connectivity index is 2.49. The zero-order chi connectivity index (χ0) is 14.8. The highest BCUT2D eigenvalue weighted by molar-refractivity contribution is 5.98. The molecule has 20 heavy (non-hydrogen) atoms. The molecule has 0 saturated heterocycles. The fourth-order valence-corrected chi connectivity index (χ4v) is 2.26. The van der Waals surface area contributed by atoms with Crippen molar-refractivity contribution in [3.8, 4) is 0 Å². The lowest BCUT2D eigenvalue weighted by Gasteiger charge is -2.08. The minimum Gasteiger partial charge on any atom is -0.478 e. The zero-order valence-electron chi connectivity index (χ0n) is 11.5. The van der Waals surface area contributed by atoms with Crippen LogP contribution >= 0.6 is 0 Å². The van der Waals surface area contributed by atoms with Crippen molar-refractivity contribution in [1.29, 1.82) is 0 Å². The van der Waals surface area contributed by atoms with Gasteiger partial charge in [-0.1, -0.05) is 37.5 Å². The SMILES string of the molecule is O=CCCCCCCCc1cccc(C=O)c1C(=O)O. The second-order valence-corrected chi connectivity index (χ2v) is 4.78. The molecule has 0 amide bonds. The third-order valence-electron chi connectivity index (χ3n) is 3.29. The monoisotopic (exact) mass is 276 g/mol. The number of aromatic carboxylic acids is 1. The van der Waals surface area contributed by atoms with E-state index in [2.05, 4.69) is 0 Å². The minimum absolute atomic E-state index is 0.128. The van der Waals surface area contributed by atoms with E-state index in [1.165, 1.54) is 6.07 Å². The lowest BCUT2D eigenvalue weighted by molar-refractivity contribution is -0.107. The molecule has 0 bridgehead atoms. The van der Waals surface area contributed by atoms with Crippen LogP contribution < -0.4 is 0 Å². The molecule has 0 atom stereocenters. The lowest BCUT2D eigenvalue weighted by atomic mass is 9.97.